The van der Waals surface area contributed by atoms with E-state index in [1.807, 2.05) is 32.9 Å². The molecule has 142 valence electrons. The van der Waals surface area contributed by atoms with Crippen LogP contribution >= 0.6 is 0 Å². The van der Waals surface area contributed by atoms with Gasteiger partial charge in [-0.05, 0) is 56.2 Å². The Balaban J connectivity index is 1.61. The number of pyridine rings is 1. The number of nitriles is 1. The number of nitrogens with zero attached hydrogens (tertiary/aromatic N) is 3. The molecule has 2 aliphatic heterocycles. The van der Waals surface area contributed by atoms with Crippen LogP contribution in [0.2, 0.25) is 0 Å². The number of anilines is 1. The molecule has 28 heavy (non-hydrogen) atoms. The van der Waals surface area contributed by atoms with E-state index in [1.165, 1.54) is 0 Å². The quantitative estimate of drug-likeness (QED) is 0.824. The number of benzene rings is 1. The highest BCUT2D eigenvalue weighted by Gasteiger charge is 2.35. The van der Waals surface area contributed by atoms with Crippen LogP contribution in [-0.4, -0.2) is 27.5 Å². The Morgan fingerprint density at radius 2 is 2.07 bits per heavy atom. The van der Waals surface area contributed by atoms with Crippen LogP contribution in [0, 0.1) is 11.3 Å². The smallest absolute Gasteiger partial charge is 0.410 e. The Kier molecular flexibility index (Phi) is 4.07. The molecule has 3 heterocycles. The molecule has 0 saturated heterocycles. The monoisotopic (exact) mass is 376 g/mol. The lowest BCUT2D eigenvalue weighted by molar-refractivity contribution is -0.116. The van der Waals surface area contributed by atoms with Gasteiger partial charge in [0.15, 0.2) is 0 Å². The number of ether oxygens (including phenoxy) is 1. The lowest BCUT2D eigenvalue weighted by Crippen LogP contribution is -2.33. The highest BCUT2D eigenvalue weighted by atomic mass is 16.6. The predicted molar refractivity (Wildman–Crippen MR) is 101 cm³/mol. The molecule has 1 aromatic heterocycles. The maximum absolute atomic E-state index is 12.5. The zero-order chi connectivity index (χ0) is 20.1. The van der Waals surface area contributed by atoms with Gasteiger partial charge in [-0.2, -0.15) is 5.26 Å². The van der Waals surface area contributed by atoms with Gasteiger partial charge in [-0.15, -0.1) is 0 Å². The Bertz CT molecular complexity index is 1030. The molecule has 1 unspecified atom stereocenters. The fourth-order valence-corrected chi connectivity index (χ4v) is 3.51. The maximum atomic E-state index is 12.5. The van der Waals surface area contributed by atoms with Gasteiger partial charge in [-0.25, -0.2) is 4.79 Å². The first-order valence-electron chi connectivity index (χ1n) is 9.07. The van der Waals surface area contributed by atoms with Gasteiger partial charge >= 0.3 is 6.09 Å². The molecular formula is C21H20N4O3. The summed E-state index contributed by atoms with van der Waals surface area (Å²) in [6.07, 6.45) is -0.380. The molecule has 7 nitrogen and oxygen atoms in total. The molecular weight excluding hydrogens is 356 g/mol. The second-order valence-corrected chi connectivity index (χ2v) is 8.01. The minimum absolute atomic E-state index is 0.167. The number of carbonyl (C=O) groups excluding carboxylic acids is 2. The van der Waals surface area contributed by atoms with E-state index in [-0.39, 0.29) is 12.0 Å². The van der Waals surface area contributed by atoms with Gasteiger partial charge in [-0.3, -0.25) is 14.7 Å². The number of fused-ring (bicyclic) bond motifs is 2. The first kappa shape index (κ1) is 18.0. The molecule has 0 aliphatic carbocycles. The van der Waals surface area contributed by atoms with Crippen molar-refractivity contribution in [1.29, 1.82) is 5.26 Å². The average Bonchev–Trinajstić information content (AvgIpc) is 3.19. The molecule has 1 N–H and O–H groups in total. The molecule has 1 atom stereocenters. The van der Waals surface area contributed by atoms with Crippen molar-refractivity contribution in [3.8, 4) is 6.07 Å². The number of hydrogen-bond donors (Lipinski definition) is 1. The lowest BCUT2D eigenvalue weighted by Gasteiger charge is -2.23. The van der Waals surface area contributed by atoms with Crippen molar-refractivity contribution < 1.29 is 14.3 Å². The van der Waals surface area contributed by atoms with Crippen molar-refractivity contribution in [1.82, 2.24) is 9.88 Å². The van der Waals surface area contributed by atoms with Gasteiger partial charge in [0.1, 0.15) is 11.5 Å². The van der Waals surface area contributed by atoms with E-state index in [0.717, 1.165) is 16.8 Å². The molecule has 0 spiro atoms. The van der Waals surface area contributed by atoms with Gasteiger partial charge < -0.3 is 10.1 Å². The molecule has 4 rings (SSSR count). The summed E-state index contributed by atoms with van der Waals surface area (Å²) >= 11 is 0. The normalized spacial score (nSPS) is 17.6. The summed E-state index contributed by atoms with van der Waals surface area (Å²) in [5.41, 5.74) is 3.70. The van der Waals surface area contributed by atoms with E-state index in [1.54, 1.807) is 23.1 Å². The van der Waals surface area contributed by atoms with E-state index >= 15 is 0 Å². The van der Waals surface area contributed by atoms with Crippen LogP contribution in [0.1, 0.15) is 54.8 Å². The van der Waals surface area contributed by atoms with Gasteiger partial charge in [-0.1, -0.05) is 6.07 Å². The Morgan fingerprint density at radius 3 is 2.79 bits per heavy atom. The molecule has 0 bridgehead atoms. The van der Waals surface area contributed by atoms with Crippen LogP contribution in [0.3, 0.4) is 0 Å². The summed E-state index contributed by atoms with van der Waals surface area (Å²) in [4.78, 5) is 31.2. The summed E-state index contributed by atoms with van der Waals surface area (Å²) in [5, 5.41) is 12.0. The molecule has 0 saturated carbocycles. The third kappa shape index (κ3) is 3.18. The molecule has 0 radical (unpaired) electrons. The first-order valence-corrected chi connectivity index (χ1v) is 9.07. The standard InChI is InChI=1S/C21H20N4O3/c1-21(2,3)28-20(27)25-10-13-5-7-16(23-17(13)11-25)18-14-8-12(9-22)4-6-15(14)24-19(18)26/h4-8,18H,10-11H2,1-3H3,(H,24,26). The van der Waals surface area contributed by atoms with Gasteiger partial charge in [0.05, 0.1) is 36.1 Å². The number of amides is 2. The Morgan fingerprint density at radius 1 is 1.29 bits per heavy atom. The maximum Gasteiger partial charge on any atom is 0.410 e. The lowest BCUT2D eigenvalue weighted by atomic mass is 9.94. The van der Waals surface area contributed by atoms with E-state index in [2.05, 4.69) is 16.4 Å². The summed E-state index contributed by atoms with van der Waals surface area (Å²) in [6, 6.07) is 11.0. The number of rotatable bonds is 1. The highest BCUT2D eigenvalue weighted by molar-refractivity contribution is 6.04. The van der Waals surface area contributed by atoms with Gasteiger partial charge in [0, 0.05) is 5.69 Å². The largest absolute Gasteiger partial charge is 0.444 e. The fraction of sp³-hybridized carbons (Fsp3) is 0.333. The predicted octanol–water partition coefficient (Wildman–Crippen LogP) is 3.29. The Labute approximate surface area is 162 Å². The second-order valence-electron chi connectivity index (χ2n) is 8.01. The third-order valence-corrected chi connectivity index (χ3v) is 4.75. The van der Waals surface area contributed by atoms with Crippen molar-refractivity contribution >= 4 is 17.7 Å². The van der Waals surface area contributed by atoms with Crippen molar-refractivity contribution in [2.75, 3.05) is 5.32 Å². The fourth-order valence-electron chi connectivity index (χ4n) is 3.51. The number of aromatic nitrogens is 1. The van der Waals surface area contributed by atoms with Crippen molar-refractivity contribution in [3.63, 3.8) is 0 Å². The second kappa shape index (κ2) is 6.34. The van der Waals surface area contributed by atoms with Crippen LogP contribution < -0.4 is 5.32 Å². The number of carbonyl (C=O) groups is 2. The minimum atomic E-state index is -0.566. The van der Waals surface area contributed by atoms with Gasteiger partial charge in [0.2, 0.25) is 5.91 Å². The highest BCUT2D eigenvalue weighted by Crippen LogP contribution is 2.38. The van der Waals surface area contributed by atoms with Crippen LogP contribution in [0.25, 0.3) is 0 Å². The van der Waals surface area contributed by atoms with Crippen molar-refractivity contribution in [2.45, 2.75) is 45.4 Å². The first-order chi connectivity index (χ1) is 13.2. The Hall–Kier alpha value is -3.40. The average molecular weight is 376 g/mol. The summed E-state index contributed by atoms with van der Waals surface area (Å²) in [7, 11) is 0. The number of nitrogens with one attached hydrogen (secondary N) is 1. The summed E-state index contributed by atoms with van der Waals surface area (Å²) < 4.78 is 5.44. The minimum Gasteiger partial charge on any atom is -0.444 e. The van der Waals surface area contributed by atoms with Crippen molar-refractivity contribution in [3.05, 3.63) is 58.4 Å². The van der Waals surface area contributed by atoms with Crippen LogP contribution in [0.15, 0.2) is 30.3 Å². The molecule has 1 aromatic carbocycles. The van der Waals surface area contributed by atoms with E-state index in [0.29, 0.717) is 30.0 Å². The SMILES string of the molecule is CC(C)(C)OC(=O)N1Cc2ccc(C3C(=O)Nc4ccc(C#N)cc43)nc2C1. The van der Waals surface area contributed by atoms with Crippen LogP contribution in [-0.2, 0) is 22.6 Å². The van der Waals surface area contributed by atoms with Crippen LogP contribution in [0.4, 0.5) is 10.5 Å². The molecule has 2 aromatic rings. The zero-order valence-corrected chi connectivity index (χ0v) is 15.9. The molecule has 2 amide bonds. The van der Waals surface area contributed by atoms with E-state index in [9.17, 15) is 9.59 Å². The molecule has 0 fully saturated rings. The van der Waals surface area contributed by atoms with Gasteiger partial charge in [0.25, 0.3) is 0 Å². The number of hydrogen-bond acceptors (Lipinski definition) is 5. The topological polar surface area (TPSA) is 95.3 Å². The van der Waals surface area contributed by atoms with Crippen LogP contribution in [0.5, 0.6) is 0 Å². The molecule has 2 aliphatic rings. The van der Waals surface area contributed by atoms with Crippen molar-refractivity contribution in [2.24, 2.45) is 0 Å². The summed E-state index contributed by atoms with van der Waals surface area (Å²) in [5.74, 6) is -0.733. The summed E-state index contributed by atoms with van der Waals surface area (Å²) in [6.45, 7) is 6.27. The van der Waals surface area contributed by atoms with E-state index in [4.69, 9.17) is 10.00 Å². The zero-order valence-electron chi connectivity index (χ0n) is 15.9. The molecule has 7 heteroatoms. The van der Waals surface area contributed by atoms with E-state index < -0.39 is 11.5 Å². The third-order valence-electron chi connectivity index (χ3n) is 4.75.